The van der Waals surface area contributed by atoms with Crippen molar-refractivity contribution in [3.8, 4) is 0 Å². The molecule has 0 radical (unpaired) electrons. The van der Waals surface area contributed by atoms with Crippen molar-refractivity contribution in [2.24, 2.45) is 5.73 Å². The molecule has 0 fully saturated rings. The van der Waals surface area contributed by atoms with Crippen LogP contribution in [-0.2, 0) is 9.59 Å². The summed E-state index contributed by atoms with van der Waals surface area (Å²) in [5.41, 5.74) is 8.55. The average Bonchev–Trinajstić information content (AvgIpc) is 2.94. The molecule has 8 heteroatoms. The molecule has 1 aromatic carbocycles. The number of amides is 2. The van der Waals surface area contributed by atoms with Gasteiger partial charge in [0, 0.05) is 11.4 Å². The zero-order valence-electron chi connectivity index (χ0n) is 16.0. The molecule has 0 saturated heterocycles. The monoisotopic (exact) mass is 391 g/mol. The molecule has 1 aromatic heterocycles. The number of nitrogens with zero attached hydrogens (tertiary/aromatic N) is 2. The minimum absolute atomic E-state index is 0.232. The Hall–Kier alpha value is -2.38. The summed E-state index contributed by atoms with van der Waals surface area (Å²) in [4.78, 5) is 24.5. The van der Waals surface area contributed by atoms with E-state index in [1.54, 1.807) is 29.8 Å². The van der Waals surface area contributed by atoms with E-state index in [-0.39, 0.29) is 11.8 Å². The quantitative estimate of drug-likeness (QED) is 0.672. The van der Waals surface area contributed by atoms with Gasteiger partial charge in [-0.2, -0.15) is 5.10 Å². The molecule has 2 amide bonds. The minimum Gasteiger partial charge on any atom is -0.325 e. The van der Waals surface area contributed by atoms with Crippen LogP contribution in [0.15, 0.2) is 24.3 Å². The van der Waals surface area contributed by atoms with Gasteiger partial charge in [-0.25, -0.2) is 0 Å². The number of rotatable bonds is 7. The first-order valence-electron chi connectivity index (χ1n) is 8.92. The Morgan fingerprint density at radius 3 is 2.48 bits per heavy atom. The largest absolute Gasteiger partial charge is 0.325 e. The van der Waals surface area contributed by atoms with E-state index in [4.69, 9.17) is 17.3 Å². The number of benzene rings is 1. The molecule has 0 saturated carbocycles. The molecule has 146 valence electrons. The van der Waals surface area contributed by atoms with E-state index < -0.39 is 12.1 Å². The Kier molecular flexibility index (Phi) is 6.98. The Bertz CT molecular complexity index is 834. The Morgan fingerprint density at radius 2 is 1.93 bits per heavy atom. The molecule has 2 unspecified atom stereocenters. The lowest BCUT2D eigenvalue weighted by Crippen LogP contribution is -2.35. The second-order valence-electron chi connectivity index (χ2n) is 6.62. The molecule has 0 aliphatic heterocycles. The second kappa shape index (κ2) is 9.01. The first-order valence-corrected chi connectivity index (χ1v) is 9.30. The van der Waals surface area contributed by atoms with Gasteiger partial charge in [0.15, 0.2) is 0 Å². The number of hydrogen-bond donors (Lipinski definition) is 3. The summed E-state index contributed by atoms with van der Waals surface area (Å²) in [6.07, 6.45) is 1.44. The number of halogens is 1. The van der Waals surface area contributed by atoms with Crippen LogP contribution in [0.4, 0.5) is 11.4 Å². The van der Waals surface area contributed by atoms with E-state index in [1.165, 1.54) is 0 Å². The predicted octanol–water partition coefficient (Wildman–Crippen LogP) is 3.42. The molecule has 4 N–H and O–H groups in total. The van der Waals surface area contributed by atoms with Crippen molar-refractivity contribution in [3.05, 3.63) is 40.7 Å². The lowest BCUT2D eigenvalue weighted by molar-refractivity contribution is -0.119. The van der Waals surface area contributed by atoms with Crippen LogP contribution in [0.1, 0.15) is 44.1 Å². The van der Waals surface area contributed by atoms with Gasteiger partial charge < -0.3 is 16.4 Å². The fourth-order valence-electron chi connectivity index (χ4n) is 2.76. The highest BCUT2D eigenvalue weighted by Crippen LogP contribution is 2.26. The van der Waals surface area contributed by atoms with E-state index >= 15 is 0 Å². The Balaban J connectivity index is 2.06. The van der Waals surface area contributed by atoms with Crippen molar-refractivity contribution in [3.63, 3.8) is 0 Å². The molecule has 1 heterocycles. The first kappa shape index (κ1) is 20.9. The van der Waals surface area contributed by atoms with E-state index in [0.29, 0.717) is 22.8 Å². The zero-order chi connectivity index (χ0) is 20.1. The SMILES string of the molecule is CCCC(N)C(=O)Nc1ccc(NC(=O)C(C)n2nc(C)cc2C)c(Cl)c1. The third-order valence-corrected chi connectivity index (χ3v) is 4.53. The number of nitrogens with two attached hydrogens (primary N) is 1. The van der Waals surface area contributed by atoms with Gasteiger partial charge in [-0.3, -0.25) is 14.3 Å². The molecule has 2 atom stereocenters. The van der Waals surface area contributed by atoms with Gasteiger partial charge >= 0.3 is 0 Å². The summed E-state index contributed by atoms with van der Waals surface area (Å²) in [7, 11) is 0. The molecule has 2 aromatic rings. The van der Waals surface area contributed by atoms with Gasteiger partial charge in [0.25, 0.3) is 0 Å². The highest BCUT2D eigenvalue weighted by Gasteiger charge is 2.19. The molecule has 7 nitrogen and oxygen atoms in total. The van der Waals surface area contributed by atoms with Gasteiger partial charge in [-0.15, -0.1) is 0 Å². The molecule has 27 heavy (non-hydrogen) atoms. The summed E-state index contributed by atoms with van der Waals surface area (Å²) in [6, 6.07) is 5.77. The van der Waals surface area contributed by atoms with Crippen LogP contribution in [-0.4, -0.2) is 27.6 Å². The highest BCUT2D eigenvalue weighted by molar-refractivity contribution is 6.34. The number of anilines is 2. The summed E-state index contributed by atoms with van der Waals surface area (Å²) >= 11 is 6.26. The summed E-state index contributed by atoms with van der Waals surface area (Å²) in [5.74, 6) is -0.493. The third-order valence-electron chi connectivity index (χ3n) is 4.22. The maximum atomic E-state index is 12.5. The van der Waals surface area contributed by atoms with Gasteiger partial charge in [-0.1, -0.05) is 24.9 Å². The maximum absolute atomic E-state index is 12.5. The molecule has 0 aliphatic carbocycles. The summed E-state index contributed by atoms with van der Waals surface area (Å²) < 4.78 is 1.67. The van der Waals surface area contributed by atoms with Crippen LogP contribution < -0.4 is 16.4 Å². The predicted molar refractivity (Wildman–Crippen MR) is 108 cm³/mol. The lowest BCUT2D eigenvalue weighted by atomic mass is 10.1. The van der Waals surface area contributed by atoms with Crippen LogP contribution in [0.5, 0.6) is 0 Å². The van der Waals surface area contributed by atoms with Crippen molar-refractivity contribution in [1.82, 2.24) is 9.78 Å². The molecule has 0 bridgehead atoms. The van der Waals surface area contributed by atoms with Crippen LogP contribution in [0.25, 0.3) is 0 Å². The molecule has 0 spiro atoms. The number of hydrogen-bond acceptors (Lipinski definition) is 4. The van der Waals surface area contributed by atoms with Crippen LogP contribution >= 0.6 is 11.6 Å². The summed E-state index contributed by atoms with van der Waals surface area (Å²) in [5, 5.41) is 10.2. The van der Waals surface area contributed by atoms with Crippen LogP contribution in [0.3, 0.4) is 0 Å². The Labute approximate surface area is 164 Å². The first-order chi connectivity index (χ1) is 12.7. The second-order valence-corrected chi connectivity index (χ2v) is 7.02. The van der Waals surface area contributed by atoms with Crippen LogP contribution in [0, 0.1) is 13.8 Å². The smallest absolute Gasteiger partial charge is 0.248 e. The fourth-order valence-corrected chi connectivity index (χ4v) is 2.99. The van der Waals surface area contributed by atoms with Crippen molar-refractivity contribution >= 4 is 34.8 Å². The lowest BCUT2D eigenvalue weighted by Gasteiger charge is -2.16. The third kappa shape index (κ3) is 5.30. The number of carbonyl (C=O) groups is 2. The van der Waals surface area contributed by atoms with Crippen molar-refractivity contribution < 1.29 is 9.59 Å². The zero-order valence-corrected chi connectivity index (χ0v) is 16.8. The van der Waals surface area contributed by atoms with Gasteiger partial charge in [0.2, 0.25) is 11.8 Å². The topological polar surface area (TPSA) is 102 Å². The highest BCUT2D eigenvalue weighted by atomic mass is 35.5. The number of carbonyl (C=O) groups excluding carboxylic acids is 2. The van der Waals surface area contributed by atoms with Gasteiger partial charge in [0.05, 0.1) is 22.4 Å². The maximum Gasteiger partial charge on any atom is 0.248 e. The Morgan fingerprint density at radius 1 is 1.22 bits per heavy atom. The van der Waals surface area contributed by atoms with Gasteiger partial charge in [0.1, 0.15) is 6.04 Å². The average molecular weight is 392 g/mol. The van der Waals surface area contributed by atoms with Crippen molar-refractivity contribution in [2.75, 3.05) is 10.6 Å². The minimum atomic E-state index is -0.560. The molecular formula is C19H26ClN5O2. The number of aryl methyl sites for hydroxylation is 2. The van der Waals surface area contributed by atoms with E-state index in [1.807, 2.05) is 26.8 Å². The van der Waals surface area contributed by atoms with Crippen molar-refractivity contribution in [1.29, 1.82) is 0 Å². The van der Waals surface area contributed by atoms with Crippen LogP contribution in [0.2, 0.25) is 5.02 Å². The summed E-state index contributed by atoms with van der Waals surface area (Å²) in [6.45, 7) is 7.52. The number of nitrogens with one attached hydrogen (secondary N) is 2. The van der Waals surface area contributed by atoms with E-state index in [0.717, 1.165) is 17.8 Å². The van der Waals surface area contributed by atoms with Gasteiger partial charge in [-0.05, 0) is 51.5 Å². The molecule has 2 rings (SSSR count). The van der Waals surface area contributed by atoms with Crippen molar-refractivity contribution in [2.45, 2.75) is 52.6 Å². The fraction of sp³-hybridized carbons (Fsp3) is 0.421. The number of aromatic nitrogens is 2. The normalized spacial score (nSPS) is 13.1. The standard InChI is InChI=1S/C19H26ClN5O2/c1-5-6-16(21)19(27)22-14-7-8-17(15(20)10-14)23-18(26)13(4)25-12(3)9-11(2)24-25/h7-10,13,16H,5-6,21H2,1-4H3,(H,22,27)(H,23,26). The van der Waals surface area contributed by atoms with E-state index in [2.05, 4.69) is 15.7 Å². The van der Waals surface area contributed by atoms with E-state index in [9.17, 15) is 9.59 Å². The molecular weight excluding hydrogens is 366 g/mol. The molecule has 0 aliphatic rings.